The van der Waals surface area contributed by atoms with Gasteiger partial charge < -0.3 is 59.4 Å². The third-order valence-corrected chi connectivity index (χ3v) is 7.72. The molecule has 6 aromatic carbocycles. The first kappa shape index (κ1) is 45.4. The first-order chi connectivity index (χ1) is 25.8. The third kappa shape index (κ3) is 11.1. The summed E-state index contributed by atoms with van der Waals surface area (Å²) in [7, 11) is 0. The largest absolute Gasteiger partial charge is 3.00 e. The number of hydrogen-bond donors (Lipinski definition) is 0. The number of carbonyl (C=O) groups excluding carboxylic acids is 6. The van der Waals surface area contributed by atoms with Crippen molar-refractivity contribution in [2.24, 2.45) is 0 Å². The van der Waals surface area contributed by atoms with Crippen LogP contribution in [-0.2, 0) is 34.7 Å². The van der Waals surface area contributed by atoms with E-state index in [0.717, 1.165) is 0 Å². The van der Waals surface area contributed by atoms with Gasteiger partial charge in [-0.1, -0.05) is 146 Å². The van der Waals surface area contributed by atoms with Crippen LogP contribution in [0.3, 0.4) is 0 Å². The van der Waals surface area contributed by atoms with Crippen LogP contribution < -0.4 is 30.6 Å². The van der Waals surface area contributed by atoms with Gasteiger partial charge in [0.25, 0.3) is 0 Å². The molecule has 0 aliphatic heterocycles. The van der Waals surface area contributed by atoms with E-state index in [0.29, 0.717) is 33.4 Å². The molecule has 0 N–H and O–H groups in total. The van der Waals surface area contributed by atoms with E-state index in [9.17, 15) is 59.4 Å². The van der Waals surface area contributed by atoms with Crippen LogP contribution in [0.1, 0.15) is 62.1 Å². The van der Waals surface area contributed by atoms with E-state index in [1.807, 2.05) is 0 Å². The molecule has 0 atom stereocenters. The first-order valence-corrected chi connectivity index (χ1v) is 15.7. The van der Waals surface area contributed by atoms with E-state index in [4.69, 9.17) is 0 Å². The van der Waals surface area contributed by atoms with Crippen LogP contribution in [0.15, 0.2) is 146 Å². The summed E-state index contributed by atoms with van der Waals surface area (Å²) in [6, 6.07) is 38.5. The molecular formula is C42H24Cr2O12. The normalized spacial score (nSPS) is 9.64. The maximum absolute atomic E-state index is 11.1. The van der Waals surface area contributed by atoms with E-state index in [-0.39, 0.29) is 68.1 Å². The van der Waals surface area contributed by atoms with Crippen LogP contribution >= 0.6 is 0 Å². The topological polar surface area (TPSA) is 241 Å². The molecule has 6 rings (SSSR count). The predicted octanol–water partition coefficient (Wildman–Crippen LogP) is 0.237. The second-order valence-corrected chi connectivity index (χ2v) is 11.0. The smallest absolute Gasteiger partial charge is 0.545 e. The van der Waals surface area contributed by atoms with Crippen molar-refractivity contribution in [3.8, 4) is 33.4 Å². The average Bonchev–Trinajstić information content (AvgIpc) is 3.18. The molecule has 0 heterocycles. The Balaban J connectivity index is 0.000000285. The summed E-state index contributed by atoms with van der Waals surface area (Å²) >= 11 is 0. The molecular weight excluding hydrogens is 800 g/mol. The van der Waals surface area contributed by atoms with Gasteiger partial charge in [-0.3, -0.25) is 0 Å². The van der Waals surface area contributed by atoms with Crippen molar-refractivity contribution in [3.05, 3.63) is 179 Å². The van der Waals surface area contributed by atoms with Crippen molar-refractivity contribution in [2.45, 2.75) is 0 Å². The van der Waals surface area contributed by atoms with Crippen LogP contribution in [0.2, 0.25) is 0 Å². The Morgan fingerprint density at radius 1 is 0.268 bits per heavy atom. The van der Waals surface area contributed by atoms with Gasteiger partial charge in [0.15, 0.2) is 0 Å². The number of carbonyl (C=O) groups is 6. The molecule has 0 saturated heterocycles. The molecule has 0 amide bonds. The second kappa shape index (κ2) is 21.2. The molecule has 0 aliphatic carbocycles. The average molecular weight is 825 g/mol. The zero-order valence-electron chi connectivity index (χ0n) is 28.6. The number of aromatic carboxylic acids is 6. The summed E-state index contributed by atoms with van der Waals surface area (Å²) in [6.45, 7) is 0. The van der Waals surface area contributed by atoms with Crippen LogP contribution in [0.4, 0.5) is 0 Å². The standard InChI is InChI=1S/3C14H10O4.2Cr/c3*15-13(16)11-8-4-7-10(12(11)14(17)18)9-5-2-1-3-6-9;;/h3*1-8H,(H,15,16)(H,17,18);;/q;;;2*+3/p-6. The fraction of sp³-hybridized carbons (Fsp3) is 0. The van der Waals surface area contributed by atoms with E-state index < -0.39 is 35.8 Å². The number of hydrogen-bond acceptors (Lipinski definition) is 12. The number of rotatable bonds is 9. The molecule has 0 bridgehead atoms. The van der Waals surface area contributed by atoms with Crippen LogP contribution in [0.5, 0.6) is 0 Å². The van der Waals surface area contributed by atoms with Crippen molar-refractivity contribution in [3.63, 3.8) is 0 Å². The number of benzene rings is 6. The minimum Gasteiger partial charge on any atom is -0.545 e. The quantitative estimate of drug-likeness (QED) is 0.191. The summed E-state index contributed by atoms with van der Waals surface area (Å²) in [5.41, 5.74) is 0.534. The van der Waals surface area contributed by atoms with E-state index in [1.54, 1.807) is 91.0 Å². The Kier molecular flexibility index (Phi) is 17.2. The van der Waals surface area contributed by atoms with Crippen molar-refractivity contribution >= 4 is 35.8 Å². The predicted molar refractivity (Wildman–Crippen MR) is 182 cm³/mol. The van der Waals surface area contributed by atoms with Crippen molar-refractivity contribution < 1.29 is 94.1 Å². The Bertz CT molecular complexity index is 2080. The fourth-order valence-electron chi connectivity index (χ4n) is 5.40. The van der Waals surface area contributed by atoms with E-state index >= 15 is 0 Å². The Morgan fingerprint density at radius 3 is 0.661 bits per heavy atom. The minimum atomic E-state index is -1.54. The Hall–Kier alpha value is -6.80. The zero-order chi connectivity index (χ0) is 39.4. The van der Waals surface area contributed by atoms with Gasteiger partial charge in [0.05, 0.1) is 35.8 Å². The Morgan fingerprint density at radius 2 is 0.482 bits per heavy atom. The van der Waals surface area contributed by atoms with Gasteiger partial charge in [0, 0.05) is 33.4 Å². The van der Waals surface area contributed by atoms with Gasteiger partial charge in [-0.15, -0.1) is 0 Å². The molecule has 0 fully saturated rings. The molecule has 0 aromatic heterocycles. The Labute approximate surface area is 340 Å². The second-order valence-electron chi connectivity index (χ2n) is 11.0. The molecule has 0 aliphatic rings. The van der Waals surface area contributed by atoms with Crippen LogP contribution in [0, 0.1) is 0 Å². The molecule has 56 heavy (non-hydrogen) atoms. The van der Waals surface area contributed by atoms with Gasteiger partial charge in [0.2, 0.25) is 0 Å². The summed E-state index contributed by atoms with van der Waals surface area (Å²) in [6.07, 6.45) is 0. The number of carboxylic acid groups (broad SMARTS) is 6. The van der Waals surface area contributed by atoms with Gasteiger partial charge in [0.1, 0.15) is 0 Å². The third-order valence-electron chi connectivity index (χ3n) is 7.72. The fourth-order valence-corrected chi connectivity index (χ4v) is 5.40. The van der Waals surface area contributed by atoms with Gasteiger partial charge in [-0.2, -0.15) is 0 Å². The summed E-state index contributed by atoms with van der Waals surface area (Å²) < 4.78 is 0. The zero-order valence-corrected chi connectivity index (χ0v) is 31.1. The first-order valence-electron chi connectivity index (χ1n) is 15.7. The van der Waals surface area contributed by atoms with Crippen molar-refractivity contribution in [1.82, 2.24) is 0 Å². The van der Waals surface area contributed by atoms with E-state index in [2.05, 4.69) is 0 Å². The van der Waals surface area contributed by atoms with Crippen molar-refractivity contribution in [2.75, 3.05) is 0 Å². The SMILES string of the molecule is O=C([O-])c1cccc(-c2ccccc2)c1C(=O)[O-].O=C([O-])c1cccc(-c2ccccc2)c1C(=O)[O-].O=C([O-])c1cccc(-c2ccccc2)c1C(=O)[O-].[Cr+3].[Cr+3]. The number of carboxylic acids is 6. The molecule has 276 valence electrons. The minimum absolute atomic E-state index is 0. The monoisotopic (exact) mass is 824 g/mol. The van der Waals surface area contributed by atoms with Crippen LogP contribution in [-0.4, -0.2) is 35.8 Å². The molecule has 6 aromatic rings. The molecule has 0 saturated carbocycles. The summed E-state index contributed by atoms with van der Waals surface area (Å²) in [5.74, 6) is -9.21. The van der Waals surface area contributed by atoms with Gasteiger partial charge in [-0.25, -0.2) is 0 Å². The van der Waals surface area contributed by atoms with Gasteiger partial charge in [-0.05, 0) is 33.4 Å². The van der Waals surface area contributed by atoms with Crippen molar-refractivity contribution in [1.29, 1.82) is 0 Å². The summed E-state index contributed by atoms with van der Waals surface area (Å²) in [4.78, 5) is 66.1. The van der Waals surface area contributed by atoms with Crippen LogP contribution in [0.25, 0.3) is 33.4 Å². The maximum Gasteiger partial charge on any atom is 3.00 e. The van der Waals surface area contributed by atoms with Gasteiger partial charge >= 0.3 is 34.7 Å². The molecule has 2 radical (unpaired) electrons. The van der Waals surface area contributed by atoms with E-state index in [1.165, 1.54) is 54.6 Å². The summed E-state index contributed by atoms with van der Waals surface area (Å²) in [5, 5.41) is 66.1. The maximum atomic E-state index is 11.1. The molecule has 0 unspecified atom stereocenters. The molecule has 12 nitrogen and oxygen atoms in total. The molecule has 0 spiro atoms. The molecule has 14 heteroatoms.